The molecular weight excluding hydrogens is 286 g/mol. The second kappa shape index (κ2) is 5.88. The van der Waals surface area contributed by atoms with Gasteiger partial charge in [0.25, 0.3) is 5.22 Å². The van der Waals surface area contributed by atoms with E-state index in [1.54, 1.807) is 0 Å². The molecule has 106 valence electrons. The summed E-state index contributed by atoms with van der Waals surface area (Å²) >= 11 is 1.47. The Hall–Kier alpha value is -2.47. The van der Waals surface area contributed by atoms with Gasteiger partial charge in [0.15, 0.2) is 11.4 Å². The van der Waals surface area contributed by atoms with Gasteiger partial charge in [-0.1, -0.05) is 53.3 Å². The van der Waals surface area contributed by atoms with Gasteiger partial charge in [0.1, 0.15) is 5.52 Å². The maximum Gasteiger partial charge on any atom is 0.257 e. The van der Waals surface area contributed by atoms with Gasteiger partial charge in [0.05, 0.1) is 0 Å². The molecule has 1 aromatic heterocycles. The molecule has 0 fully saturated rings. The van der Waals surface area contributed by atoms with Crippen molar-refractivity contribution in [3.63, 3.8) is 0 Å². The molecule has 0 aliphatic carbocycles. The van der Waals surface area contributed by atoms with Gasteiger partial charge in [0.2, 0.25) is 0 Å². The predicted octanol–water partition coefficient (Wildman–Crippen LogP) is 3.21. The number of oxime groups is 1. The highest BCUT2D eigenvalue weighted by Crippen LogP contribution is 2.27. The molecule has 6 heteroatoms. The van der Waals surface area contributed by atoms with Crippen molar-refractivity contribution in [2.45, 2.75) is 11.0 Å². The topological polar surface area (TPSA) is 84.6 Å². The van der Waals surface area contributed by atoms with Crippen molar-refractivity contribution in [3.05, 3.63) is 59.7 Å². The number of aromatic nitrogens is 1. The van der Waals surface area contributed by atoms with Crippen LogP contribution >= 0.6 is 11.8 Å². The largest absolute Gasteiger partial charge is 0.431 e. The summed E-state index contributed by atoms with van der Waals surface area (Å²) in [6.45, 7) is 0. The summed E-state index contributed by atoms with van der Waals surface area (Å²) < 4.78 is 5.66. The highest BCUT2D eigenvalue weighted by atomic mass is 32.2. The lowest BCUT2D eigenvalue weighted by atomic mass is 10.1. The second-order valence-corrected chi connectivity index (χ2v) is 5.31. The molecule has 3 rings (SSSR count). The first-order valence-corrected chi connectivity index (χ1v) is 7.30. The second-order valence-electron chi connectivity index (χ2n) is 4.38. The van der Waals surface area contributed by atoms with Crippen molar-refractivity contribution in [3.8, 4) is 0 Å². The lowest BCUT2D eigenvalue weighted by molar-refractivity contribution is 0.318. The van der Waals surface area contributed by atoms with Crippen molar-refractivity contribution in [2.24, 2.45) is 10.9 Å². The van der Waals surface area contributed by atoms with E-state index in [-0.39, 0.29) is 5.84 Å². The SMILES string of the molecule is N/C(=N\O)c1ccccc1CSc1nc2ccccc2o1. The van der Waals surface area contributed by atoms with Gasteiger partial charge in [-0.15, -0.1) is 0 Å². The fourth-order valence-electron chi connectivity index (χ4n) is 2.00. The Bertz CT molecular complexity index is 765. The molecule has 1 heterocycles. The van der Waals surface area contributed by atoms with E-state index < -0.39 is 0 Å². The van der Waals surface area contributed by atoms with Gasteiger partial charge in [-0.25, -0.2) is 4.98 Å². The molecule has 0 atom stereocenters. The van der Waals surface area contributed by atoms with Crippen molar-refractivity contribution >= 4 is 28.7 Å². The standard InChI is InChI=1S/C15H13N3O2S/c16-14(18-19)11-6-2-1-5-10(11)9-21-15-17-12-7-3-4-8-13(12)20-15/h1-8,19H,9H2,(H2,16,18). The number of thioether (sulfide) groups is 1. The minimum Gasteiger partial charge on any atom is -0.431 e. The van der Waals surface area contributed by atoms with Gasteiger partial charge >= 0.3 is 0 Å². The third-order valence-electron chi connectivity index (χ3n) is 3.03. The number of nitrogens with two attached hydrogens (primary N) is 1. The first-order valence-electron chi connectivity index (χ1n) is 6.32. The van der Waals surface area contributed by atoms with Gasteiger partial charge in [-0.3, -0.25) is 0 Å². The van der Waals surface area contributed by atoms with E-state index in [0.29, 0.717) is 16.5 Å². The Morgan fingerprint density at radius 3 is 2.76 bits per heavy atom. The smallest absolute Gasteiger partial charge is 0.257 e. The molecule has 0 unspecified atom stereocenters. The highest BCUT2D eigenvalue weighted by Gasteiger charge is 2.10. The fraction of sp³-hybridized carbons (Fsp3) is 0.0667. The minimum absolute atomic E-state index is 0.101. The third kappa shape index (κ3) is 2.85. The number of amidine groups is 1. The molecule has 0 amide bonds. The van der Waals surface area contributed by atoms with E-state index in [1.165, 1.54) is 11.8 Å². The van der Waals surface area contributed by atoms with Crippen molar-refractivity contribution in [2.75, 3.05) is 0 Å². The van der Waals surface area contributed by atoms with Crippen LogP contribution in [0.25, 0.3) is 11.1 Å². The molecule has 0 saturated heterocycles. The zero-order chi connectivity index (χ0) is 14.7. The van der Waals surface area contributed by atoms with Crippen LogP contribution in [0.1, 0.15) is 11.1 Å². The highest BCUT2D eigenvalue weighted by molar-refractivity contribution is 7.98. The van der Waals surface area contributed by atoms with Crippen LogP contribution in [0.5, 0.6) is 0 Å². The maximum absolute atomic E-state index is 8.82. The molecule has 3 aromatic rings. The summed E-state index contributed by atoms with van der Waals surface area (Å²) in [7, 11) is 0. The Kier molecular flexibility index (Phi) is 3.79. The van der Waals surface area contributed by atoms with Gasteiger partial charge < -0.3 is 15.4 Å². The van der Waals surface area contributed by atoms with Crippen molar-refractivity contribution in [1.82, 2.24) is 4.98 Å². The molecule has 3 N–H and O–H groups in total. The van der Waals surface area contributed by atoms with E-state index in [4.69, 9.17) is 15.4 Å². The van der Waals surface area contributed by atoms with Crippen LogP contribution in [0.4, 0.5) is 0 Å². The Labute approximate surface area is 125 Å². The molecule has 0 radical (unpaired) electrons. The summed E-state index contributed by atoms with van der Waals surface area (Å²) in [5.74, 6) is 0.725. The summed E-state index contributed by atoms with van der Waals surface area (Å²) in [4.78, 5) is 4.41. The van der Waals surface area contributed by atoms with Crippen molar-refractivity contribution < 1.29 is 9.62 Å². The summed E-state index contributed by atoms with van der Waals surface area (Å²) in [5.41, 5.74) is 8.95. The molecule has 0 spiro atoms. The fourth-order valence-corrected chi connectivity index (χ4v) is 2.84. The number of para-hydroxylation sites is 2. The minimum atomic E-state index is 0.101. The summed E-state index contributed by atoms with van der Waals surface area (Å²) in [6.07, 6.45) is 0. The number of nitrogens with zero attached hydrogens (tertiary/aromatic N) is 2. The number of hydrogen-bond donors (Lipinski definition) is 2. The summed E-state index contributed by atoms with van der Waals surface area (Å²) in [5, 5.41) is 12.5. The first kappa shape index (κ1) is 13.5. The third-order valence-corrected chi connectivity index (χ3v) is 3.90. The number of fused-ring (bicyclic) bond motifs is 1. The molecule has 0 bridgehead atoms. The van der Waals surface area contributed by atoms with Crippen LogP contribution in [0.3, 0.4) is 0 Å². The van der Waals surface area contributed by atoms with E-state index in [9.17, 15) is 0 Å². The van der Waals surface area contributed by atoms with Crippen LogP contribution in [0.2, 0.25) is 0 Å². The quantitative estimate of drug-likeness (QED) is 0.254. The first-order chi connectivity index (χ1) is 10.3. The van der Waals surface area contributed by atoms with Crippen LogP contribution in [0.15, 0.2) is 63.3 Å². The summed E-state index contributed by atoms with van der Waals surface area (Å²) in [6, 6.07) is 15.1. The molecule has 0 aliphatic rings. The van der Waals surface area contributed by atoms with E-state index in [2.05, 4.69) is 10.1 Å². The number of benzene rings is 2. The van der Waals surface area contributed by atoms with E-state index >= 15 is 0 Å². The molecule has 5 nitrogen and oxygen atoms in total. The van der Waals surface area contributed by atoms with Gasteiger partial charge in [-0.2, -0.15) is 0 Å². The number of rotatable bonds is 4. The monoisotopic (exact) mass is 299 g/mol. The molecule has 2 aromatic carbocycles. The Morgan fingerprint density at radius 1 is 1.19 bits per heavy atom. The van der Waals surface area contributed by atoms with Gasteiger partial charge in [-0.05, 0) is 17.7 Å². The Morgan fingerprint density at radius 2 is 1.95 bits per heavy atom. The van der Waals surface area contributed by atoms with Crippen LogP contribution < -0.4 is 5.73 Å². The Balaban J connectivity index is 1.81. The number of hydrogen-bond acceptors (Lipinski definition) is 5. The molecule has 0 aliphatic heterocycles. The average molecular weight is 299 g/mol. The molecule has 0 saturated carbocycles. The van der Waals surface area contributed by atoms with Crippen molar-refractivity contribution in [1.29, 1.82) is 0 Å². The van der Waals surface area contributed by atoms with Crippen LogP contribution in [-0.2, 0) is 5.75 Å². The lowest BCUT2D eigenvalue weighted by Crippen LogP contribution is -2.15. The zero-order valence-electron chi connectivity index (χ0n) is 11.1. The van der Waals surface area contributed by atoms with E-state index in [1.807, 2.05) is 48.5 Å². The van der Waals surface area contributed by atoms with Gasteiger partial charge in [0, 0.05) is 11.3 Å². The maximum atomic E-state index is 8.82. The number of oxazole rings is 1. The zero-order valence-corrected chi connectivity index (χ0v) is 11.9. The molecular formula is C15H13N3O2S. The predicted molar refractivity (Wildman–Crippen MR) is 82.5 cm³/mol. The van der Waals surface area contributed by atoms with Crippen LogP contribution in [-0.4, -0.2) is 16.0 Å². The lowest BCUT2D eigenvalue weighted by Gasteiger charge is -2.06. The normalized spacial score (nSPS) is 11.9. The van der Waals surface area contributed by atoms with E-state index in [0.717, 1.165) is 16.7 Å². The molecule has 21 heavy (non-hydrogen) atoms. The van der Waals surface area contributed by atoms with Crippen LogP contribution in [0, 0.1) is 0 Å². The average Bonchev–Trinajstić information content (AvgIpc) is 2.95.